The summed E-state index contributed by atoms with van der Waals surface area (Å²) in [6.45, 7) is 0. The molecule has 0 atom stereocenters. The van der Waals surface area contributed by atoms with E-state index in [9.17, 15) is 18.0 Å². The molecule has 1 heterocycles. The first-order chi connectivity index (χ1) is 11.8. The molecule has 0 fully saturated rings. The van der Waals surface area contributed by atoms with Crippen LogP contribution >= 0.6 is 0 Å². The molecule has 3 rings (SSSR count). The van der Waals surface area contributed by atoms with Gasteiger partial charge in [0, 0.05) is 12.6 Å². The predicted molar refractivity (Wildman–Crippen MR) is 84.2 cm³/mol. The lowest BCUT2D eigenvalue weighted by Crippen LogP contribution is -2.16. The summed E-state index contributed by atoms with van der Waals surface area (Å²) in [4.78, 5) is 16.2. The Morgan fingerprint density at radius 3 is 2.44 bits per heavy atom. The fourth-order valence-corrected chi connectivity index (χ4v) is 2.52. The van der Waals surface area contributed by atoms with Crippen LogP contribution in [0.5, 0.6) is 5.75 Å². The molecule has 0 aliphatic heterocycles. The Bertz CT molecular complexity index is 931. The van der Waals surface area contributed by atoms with Crippen LogP contribution < -0.4 is 4.74 Å². The second-order valence-electron chi connectivity index (χ2n) is 5.31. The monoisotopic (exact) mass is 350 g/mol. The van der Waals surface area contributed by atoms with Gasteiger partial charge in [-0.2, -0.15) is 0 Å². The summed E-state index contributed by atoms with van der Waals surface area (Å²) in [6.07, 6.45) is -3.16. The minimum absolute atomic E-state index is 0.322. The van der Waals surface area contributed by atoms with E-state index in [2.05, 4.69) is 9.72 Å². The van der Waals surface area contributed by atoms with Crippen molar-refractivity contribution >= 4 is 17.0 Å². The minimum Gasteiger partial charge on any atom is -0.465 e. The molecule has 0 bridgehead atoms. The van der Waals surface area contributed by atoms with Crippen molar-refractivity contribution in [3.8, 4) is 16.9 Å². The van der Waals surface area contributed by atoms with Crippen LogP contribution in [0.4, 0.5) is 13.2 Å². The van der Waals surface area contributed by atoms with Gasteiger partial charge in [0.05, 0.1) is 30.0 Å². The summed E-state index contributed by atoms with van der Waals surface area (Å²) < 4.78 is 47.2. The van der Waals surface area contributed by atoms with Crippen LogP contribution in [0.3, 0.4) is 0 Å². The molecule has 3 aromatic rings. The highest BCUT2D eigenvalue weighted by Gasteiger charge is 2.31. The maximum absolute atomic E-state index is 12.3. The molecular formula is C17H13F3N2O3. The van der Waals surface area contributed by atoms with Crippen LogP contribution in [-0.2, 0) is 11.8 Å². The Labute approximate surface area is 140 Å². The Morgan fingerprint density at radius 2 is 1.84 bits per heavy atom. The molecule has 25 heavy (non-hydrogen) atoms. The smallest absolute Gasteiger partial charge is 0.465 e. The number of aromatic nitrogens is 2. The summed E-state index contributed by atoms with van der Waals surface area (Å²) in [5.41, 5.74) is 2.86. The summed E-state index contributed by atoms with van der Waals surface area (Å²) in [7, 11) is 3.05. The highest BCUT2D eigenvalue weighted by atomic mass is 19.4. The molecule has 2 aromatic carbocycles. The molecule has 0 unspecified atom stereocenters. The van der Waals surface area contributed by atoms with E-state index in [0.29, 0.717) is 27.7 Å². The van der Waals surface area contributed by atoms with E-state index in [-0.39, 0.29) is 5.75 Å². The van der Waals surface area contributed by atoms with Gasteiger partial charge in [0.25, 0.3) is 0 Å². The number of nitrogens with zero attached hydrogens (tertiary/aromatic N) is 2. The van der Waals surface area contributed by atoms with Crippen molar-refractivity contribution in [3.05, 3.63) is 48.3 Å². The highest BCUT2D eigenvalue weighted by Crippen LogP contribution is 2.31. The zero-order chi connectivity index (χ0) is 18.2. The number of halogens is 3. The van der Waals surface area contributed by atoms with Gasteiger partial charge in [-0.15, -0.1) is 13.2 Å². The molecule has 1 aromatic heterocycles. The second kappa shape index (κ2) is 6.12. The number of alkyl halides is 3. The summed E-state index contributed by atoms with van der Waals surface area (Å²) in [5.74, 6) is -0.834. The molecule has 0 saturated carbocycles. The van der Waals surface area contributed by atoms with Gasteiger partial charge in [0.2, 0.25) is 0 Å². The van der Waals surface area contributed by atoms with Crippen molar-refractivity contribution < 1.29 is 27.4 Å². The molecule has 0 N–H and O–H groups in total. The summed E-state index contributed by atoms with van der Waals surface area (Å²) >= 11 is 0. The SMILES string of the molecule is COC(=O)c1cc(-c2ccc(OC(F)(F)F)cc2)c2ncn(C)c2c1. The molecular weight excluding hydrogens is 337 g/mol. The Morgan fingerprint density at radius 1 is 1.16 bits per heavy atom. The fourth-order valence-electron chi connectivity index (χ4n) is 2.52. The van der Waals surface area contributed by atoms with Crippen LogP contribution in [0.25, 0.3) is 22.2 Å². The van der Waals surface area contributed by atoms with Crippen molar-refractivity contribution in [2.75, 3.05) is 7.11 Å². The first kappa shape index (κ1) is 16.8. The number of aryl methyl sites for hydroxylation is 1. The van der Waals surface area contributed by atoms with E-state index >= 15 is 0 Å². The number of imidazole rings is 1. The first-order valence-corrected chi connectivity index (χ1v) is 7.18. The zero-order valence-electron chi connectivity index (χ0n) is 13.3. The largest absolute Gasteiger partial charge is 0.573 e. The first-order valence-electron chi connectivity index (χ1n) is 7.18. The molecule has 0 amide bonds. The van der Waals surface area contributed by atoms with Crippen LogP contribution in [0.1, 0.15) is 10.4 Å². The van der Waals surface area contributed by atoms with Crippen LogP contribution in [0.15, 0.2) is 42.7 Å². The lowest BCUT2D eigenvalue weighted by atomic mass is 10.0. The van der Waals surface area contributed by atoms with Crippen molar-refractivity contribution in [1.82, 2.24) is 9.55 Å². The lowest BCUT2D eigenvalue weighted by molar-refractivity contribution is -0.274. The van der Waals surface area contributed by atoms with E-state index in [0.717, 1.165) is 0 Å². The Kier molecular flexibility index (Phi) is 4.12. The van der Waals surface area contributed by atoms with Gasteiger partial charge in [-0.05, 0) is 29.8 Å². The molecule has 0 spiro atoms. The minimum atomic E-state index is -4.75. The summed E-state index contributed by atoms with van der Waals surface area (Å²) in [5, 5.41) is 0. The number of carbonyl (C=O) groups is 1. The van der Waals surface area contributed by atoms with Gasteiger partial charge in [-0.3, -0.25) is 0 Å². The van der Waals surface area contributed by atoms with Crippen molar-refractivity contribution in [3.63, 3.8) is 0 Å². The molecule has 0 aliphatic carbocycles. The third kappa shape index (κ3) is 3.42. The van der Waals surface area contributed by atoms with Crippen LogP contribution in [0, 0.1) is 0 Å². The van der Waals surface area contributed by atoms with E-state index in [1.165, 1.54) is 31.4 Å². The lowest BCUT2D eigenvalue weighted by Gasteiger charge is -2.10. The van der Waals surface area contributed by atoms with Crippen molar-refractivity contribution in [2.24, 2.45) is 7.05 Å². The third-order valence-corrected chi connectivity index (χ3v) is 3.65. The van der Waals surface area contributed by atoms with Gasteiger partial charge in [-0.25, -0.2) is 9.78 Å². The van der Waals surface area contributed by atoms with Gasteiger partial charge < -0.3 is 14.0 Å². The molecule has 0 radical (unpaired) electrons. The number of fused-ring (bicyclic) bond motifs is 1. The average molecular weight is 350 g/mol. The number of hydrogen-bond acceptors (Lipinski definition) is 4. The maximum atomic E-state index is 12.3. The normalized spacial score (nSPS) is 11.6. The van der Waals surface area contributed by atoms with E-state index in [1.54, 1.807) is 30.1 Å². The van der Waals surface area contributed by atoms with E-state index in [4.69, 9.17) is 4.74 Å². The zero-order valence-corrected chi connectivity index (χ0v) is 13.3. The fraction of sp³-hybridized carbons (Fsp3) is 0.176. The highest BCUT2D eigenvalue weighted by molar-refractivity contribution is 6.00. The van der Waals surface area contributed by atoms with E-state index < -0.39 is 12.3 Å². The number of hydrogen-bond donors (Lipinski definition) is 0. The third-order valence-electron chi connectivity index (χ3n) is 3.65. The standard InChI is InChI=1S/C17H13F3N2O3/c1-22-9-21-15-13(7-11(8-14(15)22)16(23)24-2)10-3-5-12(6-4-10)25-17(18,19)20/h3-9H,1-2H3. The van der Waals surface area contributed by atoms with E-state index in [1.807, 2.05) is 0 Å². The van der Waals surface area contributed by atoms with Gasteiger partial charge in [0.1, 0.15) is 5.75 Å². The maximum Gasteiger partial charge on any atom is 0.573 e. The van der Waals surface area contributed by atoms with Gasteiger partial charge in [0.15, 0.2) is 0 Å². The van der Waals surface area contributed by atoms with Crippen LogP contribution in [-0.4, -0.2) is 29.0 Å². The van der Waals surface area contributed by atoms with Gasteiger partial charge >= 0.3 is 12.3 Å². The van der Waals surface area contributed by atoms with Crippen molar-refractivity contribution in [1.29, 1.82) is 0 Å². The van der Waals surface area contributed by atoms with Crippen LogP contribution in [0.2, 0.25) is 0 Å². The number of esters is 1. The summed E-state index contributed by atoms with van der Waals surface area (Å²) in [6, 6.07) is 8.63. The molecule has 8 heteroatoms. The quantitative estimate of drug-likeness (QED) is 0.672. The van der Waals surface area contributed by atoms with Crippen molar-refractivity contribution in [2.45, 2.75) is 6.36 Å². The topological polar surface area (TPSA) is 53.4 Å². The molecule has 0 saturated heterocycles. The second-order valence-corrected chi connectivity index (χ2v) is 5.31. The number of carbonyl (C=O) groups excluding carboxylic acids is 1. The molecule has 0 aliphatic rings. The van der Waals surface area contributed by atoms with Gasteiger partial charge in [-0.1, -0.05) is 12.1 Å². The Balaban J connectivity index is 2.09. The Hall–Kier alpha value is -3.03. The molecule has 130 valence electrons. The number of benzene rings is 2. The number of methoxy groups -OCH3 is 1. The predicted octanol–water partition coefficient (Wildman–Crippen LogP) is 3.93. The number of rotatable bonds is 3. The average Bonchev–Trinajstić information content (AvgIpc) is 2.94. The number of ether oxygens (including phenoxy) is 2. The molecule has 5 nitrogen and oxygen atoms in total.